The van der Waals surface area contributed by atoms with Crippen molar-refractivity contribution in [2.24, 2.45) is 5.73 Å². The normalized spacial score (nSPS) is 12.6. The number of methoxy groups -OCH3 is 1. The number of esters is 1. The van der Waals surface area contributed by atoms with Gasteiger partial charge >= 0.3 is 11.9 Å². The number of rotatable bonds is 2. The van der Waals surface area contributed by atoms with Crippen molar-refractivity contribution in [2.45, 2.75) is 13.0 Å². The Kier molecular flexibility index (Phi) is 2.44. The topological polar surface area (TPSA) is 78.3 Å². The molecule has 0 aliphatic rings. The van der Waals surface area contributed by atoms with Gasteiger partial charge in [-0.3, -0.25) is 0 Å². The van der Waals surface area contributed by atoms with E-state index in [4.69, 9.17) is 10.2 Å². The molecule has 0 saturated heterocycles. The molecule has 1 aromatic rings. The Hall–Kier alpha value is -1.36. The summed E-state index contributed by atoms with van der Waals surface area (Å²) >= 11 is 0. The minimum absolute atomic E-state index is 0.0650. The first kappa shape index (κ1) is 8.73. The van der Waals surface area contributed by atoms with Gasteiger partial charge in [0, 0.05) is 0 Å². The first-order chi connectivity index (χ1) is 5.65. The Morgan fingerprint density at radius 2 is 2.50 bits per heavy atom. The van der Waals surface area contributed by atoms with Gasteiger partial charge in [-0.25, -0.2) is 9.78 Å². The number of hydrogen-bond acceptors (Lipinski definition) is 5. The molecule has 5 heteroatoms. The van der Waals surface area contributed by atoms with Crippen molar-refractivity contribution in [2.75, 3.05) is 7.11 Å². The second-order valence-corrected chi connectivity index (χ2v) is 2.35. The second kappa shape index (κ2) is 3.36. The van der Waals surface area contributed by atoms with E-state index >= 15 is 0 Å². The molecule has 0 bridgehead atoms. The maximum absolute atomic E-state index is 10.8. The van der Waals surface area contributed by atoms with Crippen LogP contribution in [0.5, 0.6) is 0 Å². The fourth-order valence-corrected chi connectivity index (χ4v) is 0.679. The van der Waals surface area contributed by atoms with Crippen LogP contribution in [-0.2, 0) is 4.74 Å². The number of aromatic nitrogens is 1. The Balaban J connectivity index is 2.84. The molecule has 0 aliphatic carbocycles. The molecule has 1 rings (SSSR count). The molecule has 1 heterocycles. The van der Waals surface area contributed by atoms with Gasteiger partial charge in [-0.2, -0.15) is 0 Å². The molecule has 12 heavy (non-hydrogen) atoms. The highest BCUT2D eigenvalue weighted by molar-refractivity contribution is 5.83. The van der Waals surface area contributed by atoms with E-state index < -0.39 is 5.97 Å². The third-order valence-electron chi connectivity index (χ3n) is 1.33. The van der Waals surface area contributed by atoms with Crippen molar-refractivity contribution in [1.29, 1.82) is 0 Å². The van der Waals surface area contributed by atoms with Gasteiger partial charge in [0.2, 0.25) is 0 Å². The number of hydrogen-bond donors (Lipinski definition) is 1. The SMILES string of the molecule is COC(=O)c1ncc(C(C)N)o1. The van der Waals surface area contributed by atoms with Gasteiger partial charge in [0.15, 0.2) is 0 Å². The fourth-order valence-electron chi connectivity index (χ4n) is 0.679. The summed E-state index contributed by atoms with van der Waals surface area (Å²) in [7, 11) is 1.26. The average Bonchev–Trinajstić information content (AvgIpc) is 2.51. The van der Waals surface area contributed by atoms with Crippen LogP contribution in [0.25, 0.3) is 0 Å². The van der Waals surface area contributed by atoms with Crippen LogP contribution in [0.2, 0.25) is 0 Å². The summed E-state index contributed by atoms with van der Waals surface area (Å²) in [5, 5.41) is 0. The summed E-state index contributed by atoms with van der Waals surface area (Å²) in [6.07, 6.45) is 1.41. The zero-order chi connectivity index (χ0) is 9.14. The Labute approximate surface area is 69.5 Å². The minimum atomic E-state index is -0.595. The quantitative estimate of drug-likeness (QED) is 0.653. The Morgan fingerprint density at radius 1 is 1.83 bits per heavy atom. The lowest BCUT2D eigenvalue weighted by atomic mass is 10.3. The van der Waals surface area contributed by atoms with Crippen LogP contribution in [0.15, 0.2) is 10.6 Å². The van der Waals surface area contributed by atoms with Crippen molar-refractivity contribution in [1.82, 2.24) is 4.98 Å². The first-order valence-electron chi connectivity index (χ1n) is 3.44. The molecule has 0 radical (unpaired) electrons. The van der Waals surface area contributed by atoms with E-state index in [9.17, 15) is 4.79 Å². The lowest BCUT2D eigenvalue weighted by Crippen LogP contribution is -2.03. The molecule has 1 aromatic heterocycles. The Morgan fingerprint density at radius 3 is 2.92 bits per heavy atom. The van der Waals surface area contributed by atoms with Crippen molar-refractivity contribution in [3.63, 3.8) is 0 Å². The van der Waals surface area contributed by atoms with Crippen molar-refractivity contribution >= 4 is 5.97 Å². The van der Waals surface area contributed by atoms with E-state index in [1.54, 1.807) is 6.92 Å². The second-order valence-electron chi connectivity index (χ2n) is 2.35. The van der Waals surface area contributed by atoms with Crippen molar-refractivity contribution in [3.8, 4) is 0 Å². The number of carbonyl (C=O) groups excluding carboxylic acids is 1. The molecule has 0 aromatic carbocycles. The van der Waals surface area contributed by atoms with E-state index in [1.807, 2.05) is 0 Å². The van der Waals surface area contributed by atoms with E-state index in [1.165, 1.54) is 13.3 Å². The zero-order valence-corrected chi connectivity index (χ0v) is 6.90. The van der Waals surface area contributed by atoms with Gasteiger partial charge in [0.05, 0.1) is 19.3 Å². The van der Waals surface area contributed by atoms with Crippen LogP contribution in [0, 0.1) is 0 Å². The number of ether oxygens (including phenoxy) is 1. The summed E-state index contributed by atoms with van der Waals surface area (Å²) in [6.45, 7) is 1.74. The average molecular weight is 170 g/mol. The third-order valence-corrected chi connectivity index (χ3v) is 1.33. The zero-order valence-electron chi connectivity index (χ0n) is 6.90. The predicted octanol–water partition coefficient (Wildman–Crippen LogP) is 0.481. The largest absolute Gasteiger partial charge is 0.462 e. The number of carbonyl (C=O) groups is 1. The van der Waals surface area contributed by atoms with Crippen LogP contribution in [0.4, 0.5) is 0 Å². The highest BCUT2D eigenvalue weighted by Gasteiger charge is 2.14. The number of oxazole rings is 1. The van der Waals surface area contributed by atoms with Crippen molar-refractivity contribution in [3.05, 3.63) is 17.8 Å². The van der Waals surface area contributed by atoms with Crippen LogP contribution < -0.4 is 5.73 Å². The predicted molar refractivity (Wildman–Crippen MR) is 40.4 cm³/mol. The molecule has 1 atom stereocenters. The highest BCUT2D eigenvalue weighted by Crippen LogP contribution is 2.11. The van der Waals surface area contributed by atoms with Gasteiger partial charge in [0.1, 0.15) is 5.76 Å². The van der Waals surface area contributed by atoms with Gasteiger partial charge in [-0.05, 0) is 6.92 Å². The summed E-state index contributed by atoms with van der Waals surface area (Å²) < 4.78 is 9.38. The molecular weight excluding hydrogens is 160 g/mol. The summed E-state index contributed by atoms with van der Waals surface area (Å²) in [5.74, 6) is -0.192. The molecule has 0 amide bonds. The van der Waals surface area contributed by atoms with Gasteiger partial charge in [0.25, 0.3) is 0 Å². The molecule has 0 saturated carbocycles. The lowest BCUT2D eigenvalue weighted by molar-refractivity contribution is 0.0553. The van der Waals surface area contributed by atoms with E-state index in [2.05, 4.69) is 9.72 Å². The molecule has 0 spiro atoms. The number of nitrogens with zero attached hydrogens (tertiary/aromatic N) is 1. The van der Waals surface area contributed by atoms with Crippen LogP contribution >= 0.6 is 0 Å². The summed E-state index contributed by atoms with van der Waals surface area (Å²) in [6, 6.07) is -0.268. The van der Waals surface area contributed by atoms with E-state index in [0.29, 0.717) is 5.76 Å². The maximum Gasteiger partial charge on any atom is 0.394 e. The maximum atomic E-state index is 10.8. The van der Waals surface area contributed by atoms with Crippen molar-refractivity contribution < 1.29 is 13.9 Å². The minimum Gasteiger partial charge on any atom is -0.462 e. The van der Waals surface area contributed by atoms with Crippen LogP contribution in [-0.4, -0.2) is 18.1 Å². The summed E-state index contributed by atoms with van der Waals surface area (Å²) in [5.41, 5.74) is 5.48. The smallest absolute Gasteiger partial charge is 0.394 e. The lowest BCUT2D eigenvalue weighted by Gasteiger charge is -1.96. The molecule has 0 aliphatic heterocycles. The molecule has 0 fully saturated rings. The Bertz CT molecular complexity index is 280. The third kappa shape index (κ3) is 1.62. The van der Waals surface area contributed by atoms with Gasteiger partial charge in [-0.15, -0.1) is 0 Å². The molecular formula is C7H10N2O3. The molecule has 1 unspecified atom stereocenters. The first-order valence-corrected chi connectivity index (χ1v) is 3.44. The molecule has 2 N–H and O–H groups in total. The molecule has 66 valence electrons. The van der Waals surface area contributed by atoms with E-state index in [0.717, 1.165) is 0 Å². The monoisotopic (exact) mass is 170 g/mol. The van der Waals surface area contributed by atoms with Crippen LogP contribution in [0.1, 0.15) is 29.4 Å². The van der Waals surface area contributed by atoms with Crippen LogP contribution in [0.3, 0.4) is 0 Å². The summed E-state index contributed by atoms with van der Waals surface area (Å²) in [4.78, 5) is 14.5. The van der Waals surface area contributed by atoms with Gasteiger partial charge < -0.3 is 14.9 Å². The number of nitrogens with two attached hydrogens (primary N) is 1. The van der Waals surface area contributed by atoms with E-state index in [-0.39, 0.29) is 11.9 Å². The fraction of sp³-hybridized carbons (Fsp3) is 0.429. The standard InChI is InChI=1S/C7H10N2O3/c1-4(8)5-3-9-6(12-5)7(10)11-2/h3-4H,8H2,1-2H3. The van der Waals surface area contributed by atoms with Gasteiger partial charge in [-0.1, -0.05) is 0 Å². The highest BCUT2D eigenvalue weighted by atomic mass is 16.5. The molecule has 5 nitrogen and oxygen atoms in total.